The van der Waals surface area contributed by atoms with Gasteiger partial charge in [0.1, 0.15) is 0 Å². The van der Waals surface area contributed by atoms with Crippen LogP contribution in [-0.2, 0) is 0 Å². The number of rotatable bonds is 0. The first-order chi connectivity index (χ1) is 7.39. The molecule has 0 amide bonds. The molecule has 0 heteroatoms. The van der Waals surface area contributed by atoms with Crippen LogP contribution in [0.25, 0.3) is 0 Å². The summed E-state index contributed by atoms with van der Waals surface area (Å²) in [6, 6.07) is 0. The Morgan fingerprint density at radius 3 is 1.07 bits per heavy atom. The molecule has 89 valence electrons. The van der Waals surface area contributed by atoms with E-state index >= 15 is 0 Å². The van der Waals surface area contributed by atoms with Gasteiger partial charge in [-0.05, 0) is 5.92 Å². The summed E-state index contributed by atoms with van der Waals surface area (Å²) in [5.41, 5.74) is 0. The van der Waals surface area contributed by atoms with Crippen molar-refractivity contribution in [3.8, 4) is 0 Å². The zero-order chi connectivity index (χ0) is 10.8. The van der Waals surface area contributed by atoms with Crippen LogP contribution in [-0.4, -0.2) is 0 Å². The van der Waals surface area contributed by atoms with E-state index in [1.54, 1.807) is 0 Å². The molecule has 0 nitrogen and oxygen atoms in total. The highest BCUT2D eigenvalue weighted by Gasteiger charge is 2.03. The largest absolute Gasteiger partial charge is 0.0533 e. The third-order valence-corrected chi connectivity index (χ3v) is 3.72. The third kappa shape index (κ3) is 7.88. The van der Waals surface area contributed by atoms with Crippen LogP contribution in [0.4, 0.5) is 0 Å². The van der Waals surface area contributed by atoms with Crippen molar-refractivity contribution in [1.82, 2.24) is 0 Å². The molecule has 0 atom stereocenters. The standard InChI is InChI=1S/C15H29/c1-15-13-11-9-7-5-3-2-4-6-8-10-12-14-15/h15H,1-14H2. The molecule has 0 saturated heterocycles. The monoisotopic (exact) mass is 209 g/mol. The van der Waals surface area contributed by atoms with Crippen molar-refractivity contribution in [2.75, 3.05) is 0 Å². The van der Waals surface area contributed by atoms with Gasteiger partial charge in [-0.25, -0.2) is 0 Å². The fourth-order valence-corrected chi connectivity index (χ4v) is 2.60. The van der Waals surface area contributed by atoms with Crippen LogP contribution in [0.15, 0.2) is 0 Å². The summed E-state index contributed by atoms with van der Waals surface area (Å²) in [4.78, 5) is 0. The van der Waals surface area contributed by atoms with E-state index < -0.39 is 0 Å². The number of hydrogen-bond acceptors (Lipinski definition) is 0. The van der Waals surface area contributed by atoms with Gasteiger partial charge in [0.15, 0.2) is 0 Å². The summed E-state index contributed by atoms with van der Waals surface area (Å²) >= 11 is 0. The Balaban J connectivity index is 2.10. The van der Waals surface area contributed by atoms with E-state index in [9.17, 15) is 0 Å². The first-order valence-electron chi connectivity index (χ1n) is 7.22. The first kappa shape index (κ1) is 13.1. The van der Waals surface area contributed by atoms with E-state index in [0.29, 0.717) is 0 Å². The molecule has 1 rings (SSSR count). The lowest BCUT2D eigenvalue weighted by atomic mass is 9.95. The summed E-state index contributed by atoms with van der Waals surface area (Å²) in [6.07, 6.45) is 18.8. The Kier molecular flexibility index (Phi) is 8.05. The van der Waals surface area contributed by atoms with Crippen molar-refractivity contribution in [1.29, 1.82) is 0 Å². The molecule has 1 radical (unpaired) electrons. The summed E-state index contributed by atoms with van der Waals surface area (Å²) in [7, 11) is 0. The Morgan fingerprint density at radius 2 is 0.733 bits per heavy atom. The van der Waals surface area contributed by atoms with Gasteiger partial charge < -0.3 is 0 Å². The average molecular weight is 209 g/mol. The highest BCUT2D eigenvalue weighted by Crippen LogP contribution is 2.19. The predicted octanol–water partition coefficient (Wildman–Crippen LogP) is 5.52. The molecule has 0 aromatic carbocycles. The van der Waals surface area contributed by atoms with Crippen LogP contribution in [0.5, 0.6) is 0 Å². The normalized spacial score (nSPS) is 24.6. The van der Waals surface area contributed by atoms with Gasteiger partial charge in [0, 0.05) is 0 Å². The molecular formula is C15H29. The minimum atomic E-state index is 0.743. The maximum Gasteiger partial charge on any atom is -0.0414 e. The van der Waals surface area contributed by atoms with Gasteiger partial charge in [0.2, 0.25) is 0 Å². The second-order valence-electron chi connectivity index (χ2n) is 5.33. The Morgan fingerprint density at radius 1 is 0.467 bits per heavy atom. The Bertz CT molecular complexity index is 114. The van der Waals surface area contributed by atoms with Crippen molar-refractivity contribution in [2.24, 2.45) is 5.92 Å². The Labute approximate surface area is 96.8 Å². The summed E-state index contributed by atoms with van der Waals surface area (Å²) in [5, 5.41) is 0. The number of hydrogen-bond donors (Lipinski definition) is 0. The predicted molar refractivity (Wildman–Crippen MR) is 68.9 cm³/mol. The summed E-state index contributed by atoms with van der Waals surface area (Å²) in [6.45, 7) is 4.27. The molecule has 1 fully saturated rings. The van der Waals surface area contributed by atoms with Crippen LogP contribution in [0.1, 0.15) is 83.5 Å². The van der Waals surface area contributed by atoms with Gasteiger partial charge in [-0.3, -0.25) is 0 Å². The Hall–Kier alpha value is 0. The van der Waals surface area contributed by atoms with E-state index in [1.165, 1.54) is 83.5 Å². The minimum absolute atomic E-state index is 0.743. The molecule has 1 saturated carbocycles. The smallest absolute Gasteiger partial charge is 0.0414 e. The average Bonchev–Trinajstić information content (AvgIpc) is 2.24. The van der Waals surface area contributed by atoms with Crippen LogP contribution < -0.4 is 0 Å². The van der Waals surface area contributed by atoms with Gasteiger partial charge >= 0.3 is 0 Å². The van der Waals surface area contributed by atoms with Crippen LogP contribution in [0, 0.1) is 12.8 Å². The third-order valence-electron chi connectivity index (χ3n) is 3.72. The van der Waals surface area contributed by atoms with Crippen molar-refractivity contribution >= 4 is 0 Å². The van der Waals surface area contributed by atoms with Crippen molar-refractivity contribution < 1.29 is 0 Å². The maximum atomic E-state index is 4.27. The quantitative estimate of drug-likeness (QED) is 0.492. The molecule has 1 aliphatic carbocycles. The highest BCUT2D eigenvalue weighted by atomic mass is 14.1. The van der Waals surface area contributed by atoms with Crippen LogP contribution in [0.2, 0.25) is 0 Å². The molecule has 0 unspecified atom stereocenters. The van der Waals surface area contributed by atoms with E-state index in [1.807, 2.05) is 0 Å². The SMILES string of the molecule is [CH2]C1CCCCCCCCCCCCC1. The molecule has 0 spiro atoms. The maximum absolute atomic E-state index is 4.27. The van der Waals surface area contributed by atoms with Gasteiger partial charge in [-0.1, -0.05) is 90.4 Å². The summed E-state index contributed by atoms with van der Waals surface area (Å²) in [5.74, 6) is 0.743. The van der Waals surface area contributed by atoms with Crippen LogP contribution >= 0.6 is 0 Å². The van der Waals surface area contributed by atoms with Gasteiger partial charge in [-0.15, -0.1) is 0 Å². The van der Waals surface area contributed by atoms with Gasteiger partial charge in [0.05, 0.1) is 0 Å². The fourth-order valence-electron chi connectivity index (χ4n) is 2.60. The van der Waals surface area contributed by atoms with Crippen molar-refractivity contribution in [2.45, 2.75) is 83.5 Å². The van der Waals surface area contributed by atoms with E-state index in [0.717, 1.165) is 5.92 Å². The minimum Gasteiger partial charge on any atom is -0.0533 e. The molecule has 0 bridgehead atoms. The lowest BCUT2D eigenvalue weighted by Crippen LogP contribution is -1.96. The fraction of sp³-hybridized carbons (Fsp3) is 0.933. The molecule has 0 N–H and O–H groups in total. The zero-order valence-corrected chi connectivity index (χ0v) is 10.5. The van der Waals surface area contributed by atoms with E-state index in [-0.39, 0.29) is 0 Å². The molecule has 0 aromatic heterocycles. The molecule has 0 aliphatic heterocycles. The molecule has 1 aliphatic rings. The molecular weight excluding hydrogens is 180 g/mol. The summed E-state index contributed by atoms with van der Waals surface area (Å²) < 4.78 is 0. The highest BCUT2D eigenvalue weighted by molar-refractivity contribution is 4.62. The lowest BCUT2D eigenvalue weighted by molar-refractivity contribution is 0.451. The lowest BCUT2D eigenvalue weighted by Gasteiger charge is -2.11. The second-order valence-corrected chi connectivity index (χ2v) is 5.33. The van der Waals surface area contributed by atoms with Crippen molar-refractivity contribution in [3.63, 3.8) is 0 Å². The van der Waals surface area contributed by atoms with Crippen LogP contribution in [0.3, 0.4) is 0 Å². The van der Waals surface area contributed by atoms with Gasteiger partial charge in [-0.2, -0.15) is 0 Å². The second kappa shape index (κ2) is 9.24. The van der Waals surface area contributed by atoms with Crippen molar-refractivity contribution in [3.05, 3.63) is 6.92 Å². The zero-order valence-electron chi connectivity index (χ0n) is 10.5. The first-order valence-corrected chi connectivity index (χ1v) is 7.22. The molecule has 0 heterocycles. The van der Waals surface area contributed by atoms with E-state index in [4.69, 9.17) is 0 Å². The topological polar surface area (TPSA) is 0 Å². The molecule has 0 aromatic rings. The van der Waals surface area contributed by atoms with E-state index in [2.05, 4.69) is 6.92 Å². The molecule has 15 heavy (non-hydrogen) atoms. The van der Waals surface area contributed by atoms with Gasteiger partial charge in [0.25, 0.3) is 0 Å².